The van der Waals surface area contributed by atoms with Crippen LogP contribution in [0.25, 0.3) is 0 Å². The maximum absolute atomic E-state index is 11.4. The van der Waals surface area contributed by atoms with Crippen molar-refractivity contribution >= 4 is 5.97 Å². The van der Waals surface area contributed by atoms with Crippen LogP contribution in [0.3, 0.4) is 0 Å². The van der Waals surface area contributed by atoms with Crippen LogP contribution in [-0.2, 0) is 13.1 Å². The predicted octanol–water partition coefficient (Wildman–Crippen LogP) is 0.443. The molecule has 2 rings (SSSR count). The van der Waals surface area contributed by atoms with E-state index in [9.17, 15) is 9.59 Å². The van der Waals surface area contributed by atoms with Crippen LogP contribution in [0.1, 0.15) is 10.5 Å². The molecule has 0 aromatic carbocycles. The molecular formula is C11H11N3O3. The fraction of sp³-hybridized carbons (Fsp3) is 0.182. The molecule has 6 nitrogen and oxygen atoms in total. The first-order chi connectivity index (χ1) is 8.18. The van der Waals surface area contributed by atoms with E-state index in [0.29, 0.717) is 13.1 Å². The fourth-order valence-corrected chi connectivity index (χ4v) is 1.54. The minimum Gasteiger partial charge on any atom is -0.477 e. The van der Waals surface area contributed by atoms with E-state index >= 15 is 0 Å². The lowest BCUT2D eigenvalue weighted by Gasteiger charge is -2.06. The zero-order valence-corrected chi connectivity index (χ0v) is 8.98. The SMILES string of the molecule is O=C(O)c1ccnn1CCn1ccccc1=O. The van der Waals surface area contributed by atoms with Gasteiger partial charge in [-0.15, -0.1) is 0 Å². The van der Waals surface area contributed by atoms with Crippen LogP contribution < -0.4 is 5.56 Å². The van der Waals surface area contributed by atoms with Crippen molar-refractivity contribution in [1.29, 1.82) is 0 Å². The van der Waals surface area contributed by atoms with E-state index in [1.54, 1.807) is 18.3 Å². The number of hydrogen-bond donors (Lipinski definition) is 1. The Hall–Kier alpha value is -2.37. The average Bonchev–Trinajstić information content (AvgIpc) is 2.76. The van der Waals surface area contributed by atoms with E-state index in [1.165, 1.54) is 27.6 Å². The van der Waals surface area contributed by atoms with Gasteiger partial charge in [0, 0.05) is 25.0 Å². The molecule has 6 heteroatoms. The zero-order chi connectivity index (χ0) is 12.3. The quantitative estimate of drug-likeness (QED) is 0.831. The van der Waals surface area contributed by atoms with Gasteiger partial charge in [-0.05, 0) is 12.1 Å². The van der Waals surface area contributed by atoms with Crippen molar-refractivity contribution in [3.8, 4) is 0 Å². The van der Waals surface area contributed by atoms with E-state index in [4.69, 9.17) is 5.11 Å². The number of aromatic carboxylic acids is 1. The average molecular weight is 233 g/mol. The van der Waals surface area contributed by atoms with Gasteiger partial charge in [-0.2, -0.15) is 5.10 Å². The zero-order valence-electron chi connectivity index (χ0n) is 8.98. The van der Waals surface area contributed by atoms with Crippen LogP contribution in [0.15, 0.2) is 41.5 Å². The number of aromatic nitrogens is 3. The highest BCUT2D eigenvalue weighted by Gasteiger charge is 2.09. The van der Waals surface area contributed by atoms with Crippen molar-refractivity contribution in [2.75, 3.05) is 0 Å². The second-order valence-corrected chi connectivity index (χ2v) is 3.48. The molecule has 0 saturated carbocycles. The van der Waals surface area contributed by atoms with Crippen molar-refractivity contribution in [2.24, 2.45) is 0 Å². The third-order valence-corrected chi connectivity index (χ3v) is 2.39. The second kappa shape index (κ2) is 4.65. The lowest BCUT2D eigenvalue weighted by atomic mass is 10.4. The number of hydrogen-bond acceptors (Lipinski definition) is 3. The Balaban J connectivity index is 2.13. The van der Waals surface area contributed by atoms with Crippen LogP contribution in [0, 0.1) is 0 Å². The number of aryl methyl sites for hydroxylation is 2. The van der Waals surface area contributed by atoms with Crippen molar-refractivity contribution in [3.05, 3.63) is 52.7 Å². The molecule has 1 N–H and O–H groups in total. The van der Waals surface area contributed by atoms with E-state index in [-0.39, 0.29) is 11.3 Å². The summed E-state index contributed by atoms with van der Waals surface area (Å²) in [7, 11) is 0. The molecule has 0 fully saturated rings. The fourth-order valence-electron chi connectivity index (χ4n) is 1.54. The standard InChI is InChI=1S/C11H11N3O3/c15-10-3-1-2-6-13(10)7-8-14-9(11(16)17)4-5-12-14/h1-6H,7-8H2,(H,16,17). The smallest absolute Gasteiger partial charge is 0.354 e. The van der Waals surface area contributed by atoms with Gasteiger partial charge >= 0.3 is 5.97 Å². The Morgan fingerprint density at radius 1 is 1.29 bits per heavy atom. The molecule has 0 aliphatic rings. The van der Waals surface area contributed by atoms with Gasteiger partial charge in [-0.25, -0.2) is 4.79 Å². The largest absolute Gasteiger partial charge is 0.477 e. The number of nitrogens with zero attached hydrogens (tertiary/aromatic N) is 3. The summed E-state index contributed by atoms with van der Waals surface area (Å²) in [6.07, 6.45) is 3.09. The highest BCUT2D eigenvalue weighted by atomic mass is 16.4. The number of pyridine rings is 1. The lowest BCUT2D eigenvalue weighted by Crippen LogP contribution is -2.22. The molecular weight excluding hydrogens is 222 g/mol. The monoisotopic (exact) mass is 233 g/mol. The number of carboxylic acids is 1. The van der Waals surface area contributed by atoms with E-state index < -0.39 is 5.97 Å². The highest BCUT2D eigenvalue weighted by Crippen LogP contribution is 1.99. The van der Waals surface area contributed by atoms with Gasteiger partial charge in [-0.1, -0.05) is 6.07 Å². The van der Waals surface area contributed by atoms with Crippen LogP contribution in [-0.4, -0.2) is 25.4 Å². The van der Waals surface area contributed by atoms with Crippen molar-refractivity contribution < 1.29 is 9.90 Å². The molecule has 2 aromatic heterocycles. The summed E-state index contributed by atoms with van der Waals surface area (Å²) < 4.78 is 2.87. The molecule has 0 spiro atoms. The summed E-state index contributed by atoms with van der Waals surface area (Å²) in [4.78, 5) is 22.2. The summed E-state index contributed by atoms with van der Waals surface area (Å²) in [5, 5.41) is 12.8. The van der Waals surface area contributed by atoms with Gasteiger partial charge in [0.05, 0.1) is 6.54 Å². The molecule has 2 aromatic rings. The Bertz CT molecular complexity index is 585. The van der Waals surface area contributed by atoms with Gasteiger partial charge in [0.15, 0.2) is 0 Å². The summed E-state index contributed by atoms with van der Waals surface area (Å²) >= 11 is 0. The summed E-state index contributed by atoms with van der Waals surface area (Å²) in [5.41, 5.74) is 0.00510. The first kappa shape index (κ1) is 11.1. The highest BCUT2D eigenvalue weighted by molar-refractivity contribution is 5.85. The van der Waals surface area contributed by atoms with Crippen LogP contribution >= 0.6 is 0 Å². The molecule has 2 heterocycles. The van der Waals surface area contributed by atoms with E-state index in [1.807, 2.05) is 0 Å². The lowest BCUT2D eigenvalue weighted by molar-refractivity contribution is 0.0682. The molecule has 0 bridgehead atoms. The van der Waals surface area contributed by atoms with E-state index in [2.05, 4.69) is 5.10 Å². The summed E-state index contributed by atoms with van der Waals surface area (Å²) in [6.45, 7) is 0.736. The van der Waals surface area contributed by atoms with Gasteiger partial charge in [0.2, 0.25) is 0 Å². The van der Waals surface area contributed by atoms with E-state index in [0.717, 1.165) is 0 Å². The van der Waals surface area contributed by atoms with Gasteiger partial charge in [-0.3, -0.25) is 9.48 Å². The Morgan fingerprint density at radius 2 is 2.12 bits per heavy atom. The molecule has 0 aliphatic heterocycles. The van der Waals surface area contributed by atoms with Crippen LogP contribution in [0.2, 0.25) is 0 Å². The minimum absolute atomic E-state index is 0.114. The maximum atomic E-state index is 11.4. The summed E-state index contributed by atoms with van der Waals surface area (Å²) in [5.74, 6) is -1.03. The molecule has 0 aliphatic carbocycles. The van der Waals surface area contributed by atoms with Crippen LogP contribution in [0.4, 0.5) is 0 Å². The van der Waals surface area contributed by atoms with Gasteiger partial charge in [0.1, 0.15) is 5.69 Å². The molecule has 17 heavy (non-hydrogen) atoms. The second-order valence-electron chi connectivity index (χ2n) is 3.48. The molecule has 0 saturated heterocycles. The predicted molar refractivity (Wildman–Crippen MR) is 59.9 cm³/mol. The first-order valence-corrected chi connectivity index (χ1v) is 5.09. The summed E-state index contributed by atoms with van der Waals surface area (Å²) in [6, 6.07) is 6.30. The van der Waals surface area contributed by atoms with Gasteiger partial charge in [0.25, 0.3) is 5.56 Å². The Kier molecular flexibility index (Phi) is 3.04. The molecule has 0 radical (unpaired) electrons. The minimum atomic E-state index is -1.03. The normalized spacial score (nSPS) is 10.4. The van der Waals surface area contributed by atoms with Crippen molar-refractivity contribution in [3.63, 3.8) is 0 Å². The van der Waals surface area contributed by atoms with Crippen molar-refractivity contribution in [1.82, 2.24) is 14.3 Å². The Labute approximate surface area is 96.7 Å². The van der Waals surface area contributed by atoms with Gasteiger partial charge < -0.3 is 9.67 Å². The van der Waals surface area contributed by atoms with Crippen molar-refractivity contribution in [2.45, 2.75) is 13.1 Å². The number of rotatable bonds is 4. The maximum Gasteiger partial charge on any atom is 0.354 e. The topological polar surface area (TPSA) is 77.1 Å². The molecule has 0 amide bonds. The third-order valence-electron chi connectivity index (χ3n) is 2.39. The molecule has 0 unspecified atom stereocenters. The number of carboxylic acid groups (broad SMARTS) is 1. The number of carbonyl (C=O) groups is 1. The molecule has 0 atom stereocenters. The third kappa shape index (κ3) is 2.41. The first-order valence-electron chi connectivity index (χ1n) is 5.09. The van der Waals surface area contributed by atoms with Crippen LogP contribution in [0.5, 0.6) is 0 Å². The molecule has 88 valence electrons. The Morgan fingerprint density at radius 3 is 2.82 bits per heavy atom.